The highest BCUT2D eigenvalue weighted by atomic mass is 19.4. The Morgan fingerprint density at radius 1 is 0.771 bits per heavy atom. The predicted molar refractivity (Wildman–Crippen MR) is 121 cm³/mol. The number of carbonyl (C=O) groups excluding carboxylic acids is 1. The molecule has 0 aliphatic rings. The van der Waals surface area contributed by atoms with Crippen molar-refractivity contribution in [2.24, 2.45) is 0 Å². The lowest BCUT2D eigenvalue weighted by atomic mass is 10.0. The van der Waals surface area contributed by atoms with Gasteiger partial charge in [0.15, 0.2) is 23.0 Å². The molecule has 0 fully saturated rings. The maximum absolute atomic E-state index is 13.0. The van der Waals surface area contributed by atoms with E-state index in [-0.39, 0.29) is 17.1 Å². The molecule has 1 aromatic heterocycles. The number of methoxy groups -OCH3 is 4. The van der Waals surface area contributed by atoms with Gasteiger partial charge in [-0.3, -0.25) is 4.98 Å². The molecule has 0 bridgehead atoms. The number of aryl methyl sites for hydroxylation is 2. The number of benzene rings is 2. The monoisotopic (exact) mass is 491 g/mol. The highest BCUT2D eigenvalue weighted by molar-refractivity contribution is 5.91. The number of pyridine rings is 1. The van der Waals surface area contributed by atoms with Crippen LogP contribution in [0.3, 0.4) is 0 Å². The van der Waals surface area contributed by atoms with Crippen LogP contribution >= 0.6 is 0 Å². The summed E-state index contributed by atoms with van der Waals surface area (Å²) in [6.45, 7) is 0. The first-order valence-electron chi connectivity index (χ1n) is 10.4. The third-order valence-electron chi connectivity index (χ3n) is 5.16. The van der Waals surface area contributed by atoms with Gasteiger partial charge in [-0.2, -0.15) is 13.2 Å². The summed E-state index contributed by atoms with van der Waals surface area (Å²) in [4.78, 5) is 16.0. The molecular formula is C25H24F3NO6. The lowest BCUT2D eigenvalue weighted by molar-refractivity contribution is -0.137. The van der Waals surface area contributed by atoms with Crippen LogP contribution in [-0.4, -0.2) is 39.4 Å². The molecule has 0 aliphatic heterocycles. The van der Waals surface area contributed by atoms with E-state index in [0.29, 0.717) is 42.4 Å². The fraction of sp³-hybridized carbons (Fsp3) is 0.280. The minimum absolute atomic E-state index is 0.0808. The van der Waals surface area contributed by atoms with E-state index in [1.807, 2.05) is 12.1 Å². The maximum atomic E-state index is 13.0. The van der Waals surface area contributed by atoms with Gasteiger partial charge in [-0.05, 0) is 54.3 Å². The fourth-order valence-corrected chi connectivity index (χ4v) is 3.39. The van der Waals surface area contributed by atoms with Crippen LogP contribution in [0, 0.1) is 0 Å². The molecular weight excluding hydrogens is 467 g/mol. The van der Waals surface area contributed by atoms with E-state index in [1.165, 1.54) is 28.4 Å². The number of rotatable bonds is 9. The smallest absolute Gasteiger partial charge is 0.417 e. The summed E-state index contributed by atoms with van der Waals surface area (Å²) in [5.41, 5.74) is 0.358. The summed E-state index contributed by atoms with van der Waals surface area (Å²) < 4.78 is 65.6. The van der Waals surface area contributed by atoms with E-state index in [2.05, 4.69) is 4.98 Å². The van der Waals surface area contributed by atoms with Gasteiger partial charge in [0, 0.05) is 12.4 Å². The van der Waals surface area contributed by atoms with Crippen LogP contribution in [0.1, 0.15) is 27.0 Å². The van der Waals surface area contributed by atoms with Crippen molar-refractivity contribution >= 4 is 5.97 Å². The van der Waals surface area contributed by atoms with Crippen molar-refractivity contribution in [1.82, 2.24) is 4.98 Å². The van der Waals surface area contributed by atoms with E-state index in [0.717, 1.165) is 17.3 Å². The van der Waals surface area contributed by atoms with Gasteiger partial charge in [0.1, 0.15) is 0 Å². The van der Waals surface area contributed by atoms with Crippen molar-refractivity contribution in [1.29, 1.82) is 0 Å². The standard InChI is InChI=1S/C25H24F3NO6/c1-31-19-8-7-15(5-6-16-10-21(32-2)23(34-4)22(11-16)33-3)9-20(19)35-24(30)17-12-18(14-29-13-17)25(26,27)28/h7-14H,5-6H2,1-4H3. The molecule has 0 radical (unpaired) electrons. The van der Waals surface area contributed by atoms with Gasteiger partial charge in [0.05, 0.1) is 39.6 Å². The molecule has 35 heavy (non-hydrogen) atoms. The molecule has 0 atom stereocenters. The van der Waals surface area contributed by atoms with Crippen molar-refractivity contribution in [2.75, 3.05) is 28.4 Å². The van der Waals surface area contributed by atoms with Gasteiger partial charge in [0.2, 0.25) is 5.75 Å². The Labute approximate surface area is 200 Å². The predicted octanol–water partition coefficient (Wildman–Crippen LogP) is 5.14. The van der Waals surface area contributed by atoms with Gasteiger partial charge in [-0.15, -0.1) is 0 Å². The second-order valence-corrected chi connectivity index (χ2v) is 7.37. The normalized spacial score (nSPS) is 11.1. The Kier molecular flexibility index (Phi) is 8.06. The van der Waals surface area contributed by atoms with E-state index in [1.54, 1.807) is 18.2 Å². The molecule has 3 aromatic rings. The fourth-order valence-electron chi connectivity index (χ4n) is 3.39. The zero-order valence-corrected chi connectivity index (χ0v) is 19.6. The molecule has 0 spiro atoms. The Morgan fingerprint density at radius 3 is 1.94 bits per heavy atom. The molecule has 10 heteroatoms. The van der Waals surface area contributed by atoms with Crippen LogP contribution in [0.25, 0.3) is 0 Å². The maximum Gasteiger partial charge on any atom is 0.417 e. The lowest BCUT2D eigenvalue weighted by Gasteiger charge is -2.15. The molecule has 0 unspecified atom stereocenters. The number of halogens is 3. The second-order valence-electron chi connectivity index (χ2n) is 7.37. The van der Waals surface area contributed by atoms with Crippen LogP contribution in [0.5, 0.6) is 28.7 Å². The van der Waals surface area contributed by atoms with Crippen molar-refractivity contribution < 1.29 is 41.7 Å². The number of esters is 1. The van der Waals surface area contributed by atoms with Gasteiger partial charge >= 0.3 is 12.1 Å². The zero-order valence-electron chi connectivity index (χ0n) is 19.6. The molecule has 0 saturated carbocycles. The quantitative estimate of drug-likeness (QED) is 0.303. The van der Waals surface area contributed by atoms with E-state index < -0.39 is 17.7 Å². The van der Waals surface area contributed by atoms with E-state index >= 15 is 0 Å². The number of hydrogen-bond donors (Lipinski definition) is 0. The van der Waals surface area contributed by atoms with E-state index in [9.17, 15) is 18.0 Å². The molecule has 0 amide bonds. The summed E-state index contributed by atoms with van der Waals surface area (Å²) in [6, 6.07) is 9.41. The third-order valence-corrected chi connectivity index (χ3v) is 5.16. The summed E-state index contributed by atoms with van der Waals surface area (Å²) >= 11 is 0. The molecule has 7 nitrogen and oxygen atoms in total. The minimum atomic E-state index is -4.63. The van der Waals surface area contributed by atoms with Crippen LogP contribution in [0.15, 0.2) is 48.8 Å². The first kappa shape index (κ1) is 25.7. The molecule has 0 saturated heterocycles. The summed E-state index contributed by atoms with van der Waals surface area (Å²) in [5, 5.41) is 0. The van der Waals surface area contributed by atoms with Crippen molar-refractivity contribution in [3.63, 3.8) is 0 Å². The number of hydrogen-bond acceptors (Lipinski definition) is 7. The molecule has 0 aliphatic carbocycles. The minimum Gasteiger partial charge on any atom is -0.493 e. The third kappa shape index (κ3) is 6.14. The Balaban J connectivity index is 1.80. The molecule has 186 valence electrons. The van der Waals surface area contributed by atoms with Crippen molar-refractivity contribution in [3.8, 4) is 28.7 Å². The van der Waals surface area contributed by atoms with Crippen LogP contribution < -0.4 is 23.7 Å². The number of alkyl halides is 3. The van der Waals surface area contributed by atoms with Crippen LogP contribution in [0.2, 0.25) is 0 Å². The lowest BCUT2D eigenvalue weighted by Crippen LogP contribution is -2.13. The Hall–Kier alpha value is -3.95. The summed E-state index contributed by atoms with van der Waals surface area (Å²) in [6.07, 6.45) is -1.83. The highest BCUT2D eigenvalue weighted by Gasteiger charge is 2.32. The van der Waals surface area contributed by atoms with Crippen molar-refractivity contribution in [3.05, 3.63) is 71.0 Å². The largest absolute Gasteiger partial charge is 0.493 e. The van der Waals surface area contributed by atoms with E-state index in [4.69, 9.17) is 23.7 Å². The molecule has 0 N–H and O–H groups in total. The average molecular weight is 491 g/mol. The summed E-state index contributed by atoms with van der Waals surface area (Å²) in [7, 11) is 5.99. The number of aromatic nitrogens is 1. The SMILES string of the molecule is COc1ccc(CCc2cc(OC)c(OC)c(OC)c2)cc1OC(=O)c1cncc(C(F)(F)F)c1. The van der Waals surface area contributed by atoms with Gasteiger partial charge in [0.25, 0.3) is 0 Å². The highest BCUT2D eigenvalue weighted by Crippen LogP contribution is 2.38. The van der Waals surface area contributed by atoms with Crippen LogP contribution in [-0.2, 0) is 19.0 Å². The Morgan fingerprint density at radius 2 is 1.37 bits per heavy atom. The molecule has 1 heterocycles. The molecule has 3 rings (SSSR count). The average Bonchev–Trinajstić information content (AvgIpc) is 2.86. The summed E-state index contributed by atoms with van der Waals surface area (Å²) in [5.74, 6) is 0.902. The van der Waals surface area contributed by atoms with Gasteiger partial charge in [-0.25, -0.2) is 4.79 Å². The van der Waals surface area contributed by atoms with Crippen molar-refractivity contribution in [2.45, 2.75) is 19.0 Å². The zero-order chi connectivity index (χ0) is 25.6. The Bertz CT molecular complexity index is 1170. The first-order valence-corrected chi connectivity index (χ1v) is 10.4. The van der Waals surface area contributed by atoms with Gasteiger partial charge < -0.3 is 23.7 Å². The van der Waals surface area contributed by atoms with Crippen LogP contribution in [0.4, 0.5) is 13.2 Å². The number of nitrogens with zero attached hydrogens (tertiary/aromatic N) is 1. The van der Waals surface area contributed by atoms with Gasteiger partial charge in [-0.1, -0.05) is 6.07 Å². The molecule has 2 aromatic carbocycles. The number of carbonyl (C=O) groups is 1. The number of ether oxygens (including phenoxy) is 5. The second kappa shape index (κ2) is 11.0. The topological polar surface area (TPSA) is 76.1 Å². The first-order chi connectivity index (χ1) is 16.7.